The number of amides is 2. The Bertz CT molecular complexity index is 778. The predicted molar refractivity (Wildman–Crippen MR) is 94.8 cm³/mol. The number of benzene rings is 2. The van der Waals surface area contributed by atoms with Gasteiger partial charge in [0.05, 0.1) is 5.41 Å². The highest BCUT2D eigenvalue weighted by Gasteiger charge is 2.43. The Morgan fingerprint density at radius 2 is 1.75 bits per heavy atom. The summed E-state index contributed by atoms with van der Waals surface area (Å²) in [5, 5.41) is 2.89. The van der Waals surface area contributed by atoms with Crippen LogP contribution in [0.1, 0.15) is 30.5 Å². The molecule has 24 heavy (non-hydrogen) atoms. The van der Waals surface area contributed by atoms with E-state index < -0.39 is 5.41 Å². The molecule has 0 radical (unpaired) electrons. The van der Waals surface area contributed by atoms with Gasteiger partial charge in [-0.15, -0.1) is 0 Å². The number of nitrogens with one attached hydrogen (secondary N) is 1. The van der Waals surface area contributed by atoms with Crippen molar-refractivity contribution < 1.29 is 9.59 Å². The summed E-state index contributed by atoms with van der Waals surface area (Å²) in [6.07, 6.45) is 0. The monoisotopic (exact) mass is 322 g/mol. The molecule has 0 aromatic heterocycles. The molecule has 4 heteroatoms. The molecule has 0 fully saturated rings. The first-order valence-electron chi connectivity index (χ1n) is 8.13. The molecule has 0 atom stereocenters. The molecule has 0 bridgehead atoms. The second-order valence-electron chi connectivity index (χ2n) is 6.80. The van der Waals surface area contributed by atoms with Gasteiger partial charge in [0.2, 0.25) is 11.8 Å². The Kier molecular flexibility index (Phi) is 4.14. The number of hydrogen-bond donors (Lipinski definition) is 1. The lowest BCUT2D eigenvalue weighted by molar-refractivity contribution is -0.125. The molecule has 124 valence electrons. The summed E-state index contributed by atoms with van der Waals surface area (Å²) < 4.78 is 0. The SMILES string of the molecule is Cc1ccc(CNC(=O)CN2C(=O)C(C)(C)c3ccccc32)cc1. The third kappa shape index (κ3) is 2.92. The zero-order chi connectivity index (χ0) is 17.3. The number of fused-ring (bicyclic) bond motifs is 1. The maximum Gasteiger partial charge on any atom is 0.240 e. The van der Waals surface area contributed by atoms with Crippen LogP contribution in [0.2, 0.25) is 0 Å². The van der Waals surface area contributed by atoms with E-state index in [0.717, 1.165) is 16.8 Å². The van der Waals surface area contributed by atoms with E-state index in [9.17, 15) is 9.59 Å². The van der Waals surface area contributed by atoms with Crippen LogP contribution in [-0.2, 0) is 21.5 Å². The molecule has 0 aliphatic carbocycles. The van der Waals surface area contributed by atoms with Gasteiger partial charge >= 0.3 is 0 Å². The molecule has 2 aromatic rings. The smallest absolute Gasteiger partial charge is 0.240 e. The van der Waals surface area contributed by atoms with E-state index in [1.165, 1.54) is 5.56 Å². The number of carbonyl (C=O) groups excluding carboxylic acids is 2. The average Bonchev–Trinajstić information content (AvgIpc) is 2.76. The van der Waals surface area contributed by atoms with Crippen LogP contribution in [0.5, 0.6) is 0 Å². The van der Waals surface area contributed by atoms with Gasteiger partial charge in [-0.05, 0) is 38.0 Å². The zero-order valence-electron chi connectivity index (χ0n) is 14.3. The van der Waals surface area contributed by atoms with E-state index in [1.54, 1.807) is 4.90 Å². The predicted octanol–water partition coefficient (Wildman–Crippen LogP) is 2.94. The lowest BCUT2D eigenvalue weighted by atomic mass is 9.86. The van der Waals surface area contributed by atoms with Gasteiger partial charge in [0.25, 0.3) is 0 Å². The maximum atomic E-state index is 12.7. The molecule has 0 unspecified atom stereocenters. The summed E-state index contributed by atoms with van der Waals surface area (Å²) in [4.78, 5) is 26.6. The number of carbonyl (C=O) groups is 2. The highest BCUT2D eigenvalue weighted by atomic mass is 16.2. The largest absolute Gasteiger partial charge is 0.350 e. The fourth-order valence-electron chi connectivity index (χ4n) is 3.06. The number of para-hydroxylation sites is 1. The van der Waals surface area contributed by atoms with Gasteiger partial charge in [-0.3, -0.25) is 9.59 Å². The Hall–Kier alpha value is -2.62. The molecule has 1 aliphatic heterocycles. The number of aryl methyl sites for hydroxylation is 1. The average molecular weight is 322 g/mol. The minimum absolute atomic E-state index is 0.0332. The van der Waals surface area contributed by atoms with E-state index >= 15 is 0 Å². The van der Waals surface area contributed by atoms with Crippen LogP contribution in [0.25, 0.3) is 0 Å². The van der Waals surface area contributed by atoms with E-state index in [1.807, 2.05) is 69.3 Å². The fourth-order valence-corrected chi connectivity index (χ4v) is 3.06. The second kappa shape index (κ2) is 6.11. The molecule has 0 spiro atoms. The Morgan fingerprint density at radius 1 is 1.08 bits per heavy atom. The van der Waals surface area contributed by atoms with E-state index in [4.69, 9.17) is 0 Å². The van der Waals surface area contributed by atoms with Gasteiger partial charge in [0, 0.05) is 12.2 Å². The normalized spacial score (nSPS) is 15.3. The van der Waals surface area contributed by atoms with Crippen molar-refractivity contribution in [3.05, 3.63) is 65.2 Å². The van der Waals surface area contributed by atoms with Crippen LogP contribution in [-0.4, -0.2) is 18.4 Å². The molecule has 3 rings (SSSR count). The summed E-state index contributed by atoms with van der Waals surface area (Å²) in [5.74, 6) is -0.189. The highest BCUT2D eigenvalue weighted by Crippen LogP contribution is 2.40. The summed E-state index contributed by atoms with van der Waals surface area (Å²) in [6, 6.07) is 15.7. The van der Waals surface area contributed by atoms with Gasteiger partial charge in [0.1, 0.15) is 6.54 Å². The van der Waals surface area contributed by atoms with Crippen molar-refractivity contribution in [2.75, 3.05) is 11.4 Å². The molecule has 1 N–H and O–H groups in total. The van der Waals surface area contributed by atoms with E-state index in [-0.39, 0.29) is 18.4 Å². The van der Waals surface area contributed by atoms with Crippen molar-refractivity contribution in [2.45, 2.75) is 32.7 Å². The number of nitrogens with zero attached hydrogens (tertiary/aromatic N) is 1. The number of rotatable bonds is 4. The molecule has 0 saturated carbocycles. The third-order valence-electron chi connectivity index (χ3n) is 4.56. The summed E-state index contributed by atoms with van der Waals surface area (Å²) in [5.41, 5.74) is 3.45. The molecule has 1 heterocycles. The first kappa shape index (κ1) is 16.2. The molecular formula is C20H22N2O2. The quantitative estimate of drug-likeness (QED) is 0.941. The van der Waals surface area contributed by atoms with Crippen molar-refractivity contribution in [1.29, 1.82) is 0 Å². The van der Waals surface area contributed by atoms with Crippen molar-refractivity contribution in [3.63, 3.8) is 0 Å². The van der Waals surface area contributed by atoms with Crippen LogP contribution in [0.3, 0.4) is 0 Å². The lowest BCUT2D eigenvalue weighted by Crippen LogP contribution is -2.42. The van der Waals surface area contributed by atoms with Crippen molar-refractivity contribution in [1.82, 2.24) is 5.32 Å². The van der Waals surface area contributed by atoms with Crippen molar-refractivity contribution >= 4 is 17.5 Å². The molecule has 2 amide bonds. The van der Waals surface area contributed by atoms with Crippen LogP contribution in [0.4, 0.5) is 5.69 Å². The fraction of sp³-hybridized carbons (Fsp3) is 0.300. The van der Waals surface area contributed by atoms with Crippen LogP contribution < -0.4 is 10.2 Å². The van der Waals surface area contributed by atoms with Gasteiger partial charge in [0.15, 0.2) is 0 Å². The first-order valence-corrected chi connectivity index (χ1v) is 8.13. The topological polar surface area (TPSA) is 49.4 Å². The number of anilines is 1. The zero-order valence-corrected chi connectivity index (χ0v) is 14.3. The first-order chi connectivity index (χ1) is 11.4. The van der Waals surface area contributed by atoms with Crippen molar-refractivity contribution in [2.24, 2.45) is 0 Å². The Labute approximate surface area is 142 Å². The summed E-state index contributed by atoms with van der Waals surface area (Å²) in [7, 11) is 0. The molecule has 4 nitrogen and oxygen atoms in total. The highest BCUT2D eigenvalue weighted by molar-refractivity contribution is 6.10. The Balaban J connectivity index is 1.68. The summed E-state index contributed by atoms with van der Waals surface area (Å²) >= 11 is 0. The van der Waals surface area contributed by atoms with Crippen LogP contribution in [0.15, 0.2) is 48.5 Å². The molecule has 0 saturated heterocycles. The minimum atomic E-state index is -0.589. The molecule has 1 aliphatic rings. The van der Waals surface area contributed by atoms with Crippen LogP contribution in [0, 0.1) is 6.92 Å². The second-order valence-corrected chi connectivity index (χ2v) is 6.80. The Morgan fingerprint density at radius 3 is 2.46 bits per heavy atom. The van der Waals surface area contributed by atoms with Gasteiger partial charge in [-0.25, -0.2) is 0 Å². The third-order valence-corrected chi connectivity index (χ3v) is 4.56. The molecule has 2 aromatic carbocycles. The van der Waals surface area contributed by atoms with E-state index in [2.05, 4.69) is 5.32 Å². The van der Waals surface area contributed by atoms with Gasteiger partial charge in [-0.2, -0.15) is 0 Å². The van der Waals surface area contributed by atoms with Gasteiger partial charge < -0.3 is 10.2 Å². The van der Waals surface area contributed by atoms with E-state index in [0.29, 0.717) is 6.54 Å². The van der Waals surface area contributed by atoms with Crippen LogP contribution >= 0.6 is 0 Å². The lowest BCUT2D eigenvalue weighted by Gasteiger charge is -2.20. The molecular weight excluding hydrogens is 300 g/mol. The summed E-state index contributed by atoms with van der Waals surface area (Å²) in [6.45, 7) is 6.34. The minimum Gasteiger partial charge on any atom is -0.350 e. The number of hydrogen-bond acceptors (Lipinski definition) is 2. The van der Waals surface area contributed by atoms with Gasteiger partial charge in [-0.1, -0.05) is 48.0 Å². The standard InChI is InChI=1S/C20H22N2O2/c1-14-8-10-15(11-9-14)12-21-18(23)13-22-17-7-5-4-6-16(17)20(2,3)19(22)24/h4-11H,12-13H2,1-3H3,(H,21,23). The maximum absolute atomic E-state index is 12.7. The van der Waals surface area contributed by atoms with Crippen molar-refractivity contribution in [3.8, 4) is 0 Å².